The molecule has 0 bridgehead atoms. The Morgan fingerprint density at radius 1 is 1.38 bits per heavy atom. The molecule has 3 rings (SSSR count). The van der Waals surface area contributed by atoms with Crippen LogP contribution in [0, 0.1) is 11.9 Å². The lowest BCUT2D eigenvalue weighted by atomic mass is 9.87. The molecular formula is C23H36F2N4O3SSi. The van der Waals surface area contributed by atoms with Crippen LogP contribution in [0.2, 0.25) is 25.7 Å². The fourth-order valence-corrected chi connectivity index (χ4v) is 6.26. The third kappa shape index (κ3) is 5.91. The largest absolute Gasteiger partial charge is 0.443 e. The van der Waals surface area contributed by atoms with Gasteiger partial charge in [-0.05, 0) is 46.2 Å². The number of fused-ring (bicyclic) bond motifs is 1. The normalized spacial score (nSPS) is 26.5. The second kappa shape index (κ2) is 9.38. The van der Waals surface area contributed by atoms with Crippen LogP contribution < -0.4 is 5.73 Å². The van der Waals surface area contributed by atoms with Crippen LogP contribution in [-0.4, -0.2) is 59.6 Å². The molecule has 1 unspecified atom stereocenters. The number of nitrogens with zero attached hydrogens (tertiary/aromatic N) is 3. The van der Waals surface area contributed by atoms with Crippen molar-refractivity contribution in [3.05, 3.63) is 23.8 Å². The number of aromatic nitrogens is 1. The standard InChI is InChI=1S/C23H36F2N4O3SSi/c1-21(2,3)32-20(30)29(14-31-8-9-34(5,6)7)19-28-22(4,17-11-23(17,13-24)33-19)16-10-15(26)12-27-18(16)25/h10,12,17H,8-9,11,13-14,26H2,1-7H3/t17?,22-,23-/m1/s1. The Morgan fingerprint density at radius 2 is 2.06 bits per heavy atom. The minimum absolute atomic E-state index is 0.0913. The van der Waals surface area contributed by atoms with E-state index < -0.39 is 42.7 Å². The van der Waals surface area contributed by atoms with Gasteiger partial charge in [0.2, 0.25) is 5.95 Å². The molecule has 1 saturated carbocycles. The molecule has 1 aliphatic carbocycles. The van der Waals surface area contributed by atoms with E-state index in [0.29, 0.717) is 13.0 Å². The lowest BCUT2D eigenvalue weighted by Crippen LogP contribution is -2.46. The molecule has 11 heteroatoms. The van der Waals surface area contributed by atoms with Crippen LogP contribution in [0.25, 0.3) is 0 Å². The van der Waals surface area contributed by atoms with E-state index in [1.165, 1.54) is 28.9 Å². The van der Waals surface area contributed by atoms with Crippen molar-refractivity contribution in [2.75, 3.05) is 25.7 Å². The van der Waals surface area contributed by atoms with E-state index in [1.807, 2.05) is 0 Å². The van der Waals surface area contributed by atoms with Gasteiger partial charge in [-0.25, -0.2) is 19.1 Å². The van der Waals surface area contributed by atoms with Gasteiger partial charge in [-0.2, -0.15) is 4.39 Å². The average molecular weight is 515 g/mol. The van der Waals surface area contributed by atoms with Crippen LogP contribution >= 0.6 is 11.8 Å². The molecule has 1 aromatic rings. The summed E-state index contributed by atoms with van der Waals surface area (Å²) in [6.07, 6.45) is 1.08. The number of anilines is 1. The molecule has 2 N–H and O–H groups in total. The van der Waals surface area contributed by atoms with E-state index in [-0.39, 0.29) is 29.1 Å². The van der Waals surface area contributed by atoms with Crippen molar-refractivity contribution in [3.8, 4) is 0 Å². The Morgan fingerprint density at radius 3 is 2.65 bits per heavy atom. The minimum Gasteiger partial charge on any atom is -0.443 e. The van der Waals surface area contributed by atoms with Crippen LogP contribution in [0.15, 0.2) is 17.3 Å². The Labute approximate surface area is 205 Å². The van der Waals surface area contributed by atoms with Gasteiger partial charge in [0.25, 0.3) is 0 Å². The molecule has 1 amide bonds. The molecule has 0 aromatic carbocycles. The first kappa shape index (κ1) is 26.9. The van der Waals surface area contributed by atoms with E-state index >= 15 is 0 Å². The Kier molecular flexibility index (Phi) is 7.42. The number of ether oxygens (including phenoxy) is 2. The van der Waals surface area contributed by atoms with E-state index in [2.05, 4.69) is 24.6 Å². The number of alkyl halides is 1. The summed E-state index contributed by atoms with van der Waals surface area (Å²) in [4.78, 5) is 23.0. The summed E-state index contributed by atoms with van der Waals surface area (Å²) in [7, 11) is -1.34. The molecule has 3 atom stereocenters. The van der Waals surface area contributed by atoms with Crippen molar-refractivity contribution in [1.82, 2.24) is 9.88 Å². The molecule has 0 spiro atoms. The summed E-state index contributed by atoms with van der Waals surface area (Å²) < 4.78 is 39.8. The van der Waals surface area contributed by atoms with Crippen molar-refractivity contribution in [3.63, 3.8) is 0 Å². The van der Waals surface area contributed by atoms with Gasteiger partial charge < -0.3 is 15.2 Å². The zero-order valence-corrected chi connectivity index (χ0v) is 22.9. The van der Waals surface area contributed by atoms with Crippen molar-refractivity contribution < 1.29 is 23.0 Å². The van der Waals surface area contributed by atoms with Crippen LogP contribution in [-0.2, 0) is 15.0 Å². The number of amidine groups is 1. The average Bonchev–Trinajstić information content (AvgIpc) is 3.44. The summed E-state index contributed by atoms with van der Waals surface area (Å²) in [5.41, 5.74) is 4.48. The lowest BCUT2D eigenvalue weighted by molar-refractivity contribution is 0.0110. The molecule has 7 nitrogen and oxygen atoms in total. The van der Waals surface area contributed by atoms with E-state index in [9.17, 15) is 13.6 Å². The van der Waals surface area contributed by atoms with Gasteiger partial charge in [-0.15, -0.1) is 0 Å². The second-order valence-corrected chi connectivity index (χ2v) is 18.5. The summed E-state index contributed by atoms with van der Waals surface area (Å²) in [6.45, 7) is 13.5. The first-order valence-electron chi connectivity index (χ1n) is 11.4. The number of rotatable bonds is 7. The number of hydrogen-bond acceptors (Lipinski definition) is 7. The second-order valence-electron chi connectivity index (χ2n) is 11.5. The van der Waals surface area contributed by atoms with Crippen molar-refractivity contribution in [2.45, 2.75) is 75.7 Å². The van der Waals surface area contributed by atoms with Gasteiger partial charge in [0.1, 0.15) is 19.0 Å². The highest BCUT2D eigenvalue weighted by Crippen LogP contribution is 2.66. The number of amides is 1. The van der Waals surface area contributed by atoms with Crippen LogP contribution in [0.5, 0.6) is 0 Å². The Hall–Kier alpha value is -1.72. The summed E-state index contributed by atoms with van der Waals surface area (Å²) in [5, 5.41) is 0.248. The number of carbonyl (C=O) groups excluding carboxylic acids is 1. The van der Waals surface area contributed by atoms with Crippen molar-refractivity contribution in [1.29, 1.82) is 0 Å². The Bertz CT molecular complexity index is 969. The predicted octanol–water partition coefficient (Wildman–Crippen LogP) is 5.40. The number of halogens is 2. The zero-order valence-electron chi connectivity index (χ0n) is 21.1. The van der Waals surface area contributed by atoms with E-state index in [1.54, 1.807) is 27.7 Å². The summed E-state index contributed by atoms with van der Waals surface area (Å²) in [5.74, 6) is -0.966. The fraction of sp³-hybridized carbons (Fsp3) is 0.696. The maximum Gasteiger partial charge on any atom is 0.418 e. The maximum atomic E-state index is 14.8. The first-order chi connectivity index (χ1) is 15.6. The molecule has 0 radical (unpaired) electrons. The highest BCUT2D eigenvalue weighted by molar-refractivity contribution is 8.15. The van der Waals surface area contributed by atoms with Gasteiger partial charge in [0, 0.05) is 26.2 Å². The van der Waals surface area contributed by atoms with Gasteiger partial charge in [-0.1, -0.05) is 31.4 Å². The molecule has 1 aliphatic heterocycles. The SMILES string of the molecule is CC(C)(C)OC(=O)N(COCC[Si](C)(C)C)C1=N[C@](C)(c2cc(N)cnc2F)C2C[C@]2(CF)S1. The molecular weight excluding hydrogens is 478 g/mol. The lowest BCUT2D eigenvalue weighted by Gasteiger charge is -2.37. The molecule has 2 aliphatic rings. The third-order valence-electron chi connectivity index (χ3n) is 6.02. The highest BCUT2D eigenvalue weighted by atomic mass is 32.2. The number of hydrogen-bond donors (Lipinski definition) is 1. The molecule has 0 saturated heterocycles. The third-order valence-corrected chi connectivity index (χ3v) is 9.18. The van der Waals surface area contributed by atoms with Crippen molar-refractivity contribution in [2.24, 2.45) is 10.9 Å². The molecule has 190 valence electrons. The molecule has 1 fully saturated rings. The molecule has 2 heterocycles. The van der Waals surface area contributed by atoms with Crippen molar-refractivity contribution >= 4 is 36.8 Å². The zero-order chi connectivity index (χ0) is 25.5. The number of aliphatic imine (C=N–C) groups is 1. The van der Waals surface area contributed by atoms with Gasteiger partial charge in [0.15, 0.2) is 5.17 Å². The number of carbonyl (C=O) groups is 1. The number of thioether (sulfide) groups is 1. The van der Waals surface area contributed by atoms with Gasteiger partial charge in [0.05, 0.1) is 22.2 Å². The van der Waals surface area contributed by atoms with Crippen LogP contribution in [0.1, 0.15) is 39.7 Å². The van der Waals surface area contributed by atoms with Gasteiger partial charge >= 0.3 is 6.09 Å². The fourth-order valence-electron chi connectivity index (χ4n) is 3.99. The number of nitrogens with two attached hydrogens (primary N) is 1. The highest BCUT2D eigenvalue weighted by Gasteiger charge is 2.67. The predicted molar refractivity (Wildman–Crippen MR) is 135 cm³/mol. The van der Waals surface area contributed by atoms with E-state index in [4.69, 9.17) is 20.2 Å². The smallest absolute Gasteiger partial charge is 0.418 e. The van der Waals surface area contributed by atoms with Crippen LogP contribution in [0.4, 0.5) is 19.3 Å². The number of pyridine rings is 1. The summed E-state index contributed by atoms with van der Waals surface area (Å²) >= 11 is 1.20. The maximum absolute atomic E-state index is 14.8. The molecule has 1 aromatic heterocycles. The summed E-state index contributed by atoms with van der Waals surface area (Å²) in [6, 6.07) is 2.41. The number of nitrogen functional groups attached to an aromatic ring is 1. The van der Waals surface area contributed by atoms with Crippen LogP contribution in [0.3, 0.4) is 0 Å². The molecule has 34 heavy (non-hydrogen) atoms. The van der Waals surface area contributed by atoms with Gasteiger partial charge in [-0.3, -0.25) is 4.99 Å². The monoisotopic (exact) mass is 514 g/mol. The minimum atomic E-state index is -1.34. The Balaban J connectivity index is 1.98. The quantitative estimate of drug-likeness (QED) is 0.227. The topological polar surface area (TPSA) is 90.0 Å². The first-order valence-corrected chi connectivity index (χ1v) is 16.0. The van der Waals surface area contributed by atoms with E-state index in [0.717, 1.165) is 6.04 Å².